The monoisotopic (exact) mass is 281 g/mol. The fourth-order valence-corrected chi connectivity index (χ4v) is 1.72. The van der Waals surface area contributed by atoms with Crippen LogP contribution in [0.5, 0.6) is 0 Å². The van der Waals surface area contributed by atoms with Crippen LogP contribution in [0, 0.1) is 5.82 Å². The van der Waals surface area contributed by atoms with E-state index < -0.39 is 0 Å². The quantitative estimate of drug-likeness (QED) is 0.864. The molecule has 112 valence electrons. The minimum atomic E-state index is -0.304. The van der Waals surface area contributed by atoms with Crippen LogP contribution in [0.3, 0.4) is 0 Å². The molecule has 20 heavy (non-hydrogen) atoms. The third-order valence-corrected chi connectivity index (χ3v) is 3.01. The van der Waals surface area contributed by atoms with Crippen LogP contribution in [0.15, 0.2) is 18.2 Å². The zero-order valence-corrected chi connectivity index (χ0v) is 12.9. The molecule has 0 atom stereocenters. The van der Waals surface area contributed by atoms with Crippen LogP contribution in [-0.4, -0.2) is 44.5 Å². The predicted molar refractivity (Wildman–Crippen MR) is 80.3 cm³/mol. The Bertz CT molecular complexity index is 460. The molecule has 1 aromatic carbocycles. The molecule has 0 spiro atoms. The van der Waals surface area contributed by atoms with E-state index in [0.29, 0.717) is 18.3 Å². The minimum absolute atomic E-state index is 0.0579. The summed E-state index contributed by atoms with van der Waals surface area (Å²) in [6.45, 7) is 4.89. The van der Waals surface area contributed by atoms with Crippen molar-refractivity contribution >= 4 is 11.6 Å². The smallest absolute Gasteiger partial charge is 0.241 e. The summed E-state index contributed by atoms with van der Waals surface area (Å²) in [5.41, 5.74) is 1.33. The number of amides is 1. The van der Waals surface area contributed by atoms with Crippen molar-refractivity contribution in [1.29, 1.82) is 0 Å². The Morgan fingerprint density at radius 3 is 2.45 bits per heavy atom. The lowest BCUT2D eigenvalue weighted by Crippen LogP contribution is -2.34. The number of carbonyl (C=O) groups is 1. The Morgan fingerprint density at radius 1 is 1.30 bits per heavy atom. The first kappa shape index (κ1) is 16.4. The van der Waals surface area contributed by atoms with Crippen molar-refractivity contribution in [2.45, 2.75) is 26.4 Å². The van der Waals surface area contributed by atoms with Gasteiger partial charge in [0.2, 0.25) is 5.91 Å². The summed E-state index contributed by atoms with van der Waals surface area (Å²) < 4.78 is 14.1. The van der Waals surface area contributed by atoms with Gasteiger partial charge in [0.25, 0.3) is 0 Å². The first-order chi connectivity index (χ1) is 9.31. The van der Waals surface area contributed by atoms with Crippen LogP contribution in [0.25, 0.3) is 0 Å². The lowest BCUT2D eigenvalue weighted by atomic mass is 10.1. The fraction of sp³-hybridized carbons (Fsp3) is 0.533. The Kier molecular flexibility index (Phi) is 5.95. The number of anilines is 1. The minimum Gasteiger partial charge on any atom is -0.363 e. The summed E-state index contributed by atoms with van der Waals surface area (Å²) in [6.07, 6.45) is 0. The van der Waals surface area contributed by atoms with Crippen molar-refractivity contribution < 1.29 is 9.18 Å². The van der Waals surface area contributed by atoms with Gasteiger partial charge in [0.05, 0.1) is 12.2 Å². The largest absolute Gasteiger partial charge is 0.363 e. The van der Waals surface area contributed by atoms with E-state index in [1.807, 2.05) is 19.9 Å². The maximum atomic E-state index is 14.1. The number of carbonyl (C=O) groups excluding carboxylic acids is 1. The summed E-state index contributed by atoms with van der Waals surface area (Å²) in [5.74, 6) is -0.362. The standard InChI is InChI=1S/C15H24FN3O/c1-11(2)17-9-12-6-7-14(13(16)8-12)19(5)10-15(20)18(3)4/h6-8,11,17H,9-10H2,1-5H3. The molecule has 1 N–H and O–H groups in total. The number of hydrogen-bond acceptors (Lipinski definition) is 3. The molecule has 0 fully saturated rings. The molecule has 0 bridgehead atoms. The highest BCUT2D eigenvalue weighted by atomic mass is 19.1. The van der Waals surface area contributed by atoms with Crippen LogP contribution in [0.1, 0.15) is 19.4 Å². The average molecular weight is 281 g/mol. The van der Waals surface area contributed by atoms with Gasteiger partial charge in [-0.3, -0.25) is 4.79 Å². The number of rotatable bonds is 6. The van der Waals surface area contributed by atoms with Crippen LogP contribution >= 0.6 is 0 Å². The van der Waals surface area contributed by atoms with Crippen LogP contribution in [-0.2, 0) is 11.3 Å². The van der Waals surface area contributed by atoms with Gasteiger partial charge < -0.3 is 15.1 Å². The Balaban J connectivity index is 2.74. The van der Waals surface area contributed by atoms with Crippen molar-refractivity contribution in [3.05, 3.63) is 29.6 Å². The Hall–Kier alpha value is -1.62. The Labute approximate surface area is 120 Å². The highest BCUT2D eigenvalue weighted by Gasteiger charge is 2.13. The fourth-order valence-electron chi connectivity index (χ4n) is 1.72. The van der Waals surface area contributed by atoms with E-state index in [4.69, 9.17) is 0 Å². The van der Waals surface area contributed by atoms with Gasteiger partial charge in [0.1, 0.15) is 5.82 Å². The molecule has 0 saturated heterocycles. The zero-order valence-electron chi connectivity index (χ0n) is 12.9. The second kappa shape index (κ2) is 7.24. The molecule has 5 heteroatoms. The van der Waals surface area contributed by atoms with E-state index in [2.05, 4.69) is 5.32 Å². The van der Waals surface area contributed by atoms with E-state index >= 15 is 0 Å². The van der Waals surface area contributed by atoms with Crippen molar-refractivity contribution in [2.75, 3.05) is 32.6 Å². The van der Waals surface area contributed by atoms with Crippen LogP contribution in [0.4, 0.5) is 10.1 Å². The topological polar surface area (TPSA) is 35.6 Å². The van der Waals surface area contributed by atoms with Gasteiger partial charge in [-0.15, -0.1) is 0 Å². The molecular weight excluding hydrogens is 257 g/mol. The van der Waals surface area contributed by atoms with Crippen LogP contribution in [0.2, 0.25) is 0 Å². The van der Waals surface area contributed by atoms with Crippen molar-refractivity contribution in [2.24, 2.45) is 0 Å². The highest BCUT2D eigenvalue weighted by Crippen LogP contribution is 2.19. The van der Waals surface area contributed by atoms with E-state index in [9.17, 15) is 9.18 Å². The molecular formula is C15H24FN3O. The summed E-state index contributed by atoms with van der Waals surface area (Å²) >= 11 is 0. The number of halogens is 1. The molecule has 0 saturated carbocycles. The van der Waals surface area contributed by atoms with Crippen molar-refractivity contribution in [1.82, 2.24) is 10.2 Å². The third-order valence-electron chi connectivity index (χ3n) is 3.01. The van der Waals surface area contributed by atoms with Gasteiger partial charge in [0.15, 0.2) is 0 Å². The molecule has 0 aliphatic rings. The van der Waals surface area contributed by atoms with Gasteiger partial charge in [-0.2, -0.15) is 0 Å². The summed E-state index contributed by atoms with van der Waals surface area (Å²) in [6, 6.07) is 5.47. The number of nitrogens with zero attached hydrogens (tertiary/aromatic N) is 2. The molecule has 1 aromatic rings. The molecule has 0 aliphatic heterocycles. The van der Waals surface area contributed by atoms with Gasteiger partial charge in [-0.1, -0.05) is 19.9 Å². The average Bonchev–Trinajstić information content (AvgIpc) is 2.35. The molecule has 1 amide bonds. The maximum Gasteiger partial charge on any atom is 0.241 e. The highest BCUT2D eigenvalue weighted by molar-refractivity contribution is 5.80. The molecule has 0 aromatic heterocycles. The van der Waals surface area contributed by atoms with Crippen LogP contribution < -0.4 is 10.2 Å². The van der Waals surface area contributed by atoms with Crippen molar-refractivity contribution in [3.63, 3.8) is 0 Å². The number of likely N-dealkylation sites (N-methyl/N-ethyl adjacent to an activating group) is 2. The number of hydrogen-bond donors (Lipinski definition) is 1. The molecule has 0 aliphatic carbocycles. The predicted octanol–water partition coefficient (Wildman–Crippen LogP) is 1.85. The SMILES string of the molecule is CC(C)NCc1ccc(N(C)CC(=O)N(C)C)c(F)c1. The summed E-state index contributed by atoms with van der Waals surface area (Å²) in [5, 5.41) is 3.24. The Morgan fingerprint density at radius 2 is 1.95 bits per heavy atom. The molecule has 1 rings (SSSR count). The van der Waals surface area contributed by atoms with E-state index in [0.717, 1.165) is 5.56 Å². The second-order valence-electron chi connectivity index (χ2n) is 5.47. The van der Waals surface area contributed by atoms with Gasteiger partial charge in [-0.25, -0.2) is 4.39 Å². The zero-order chi connectivity index (χ0) is 15.3. The maximum absolute atomic E-state index is 14.1. The first-order valence-corrected chi connectivity index (χ1v) is 6.74. The molecule has 0 unspecified atom stereocenters. The van der Waals surface area contributed by atoms with Gasteiger partial charge >= 0.3 is 0 Å². The summed E-state index contributed by atoms with van der Waals surface area (Å²) in [7, 11) is 5.09. The van der Waals surface area contributed by atoms with E-state index in [1.54, 1.807) is 32.1 Å². The van der Waals surface area contributed by atoms with E-state index in [-0.39, 0.29) is 18.3 Å². The second-order valence-corrected chi connectivity index (χ2v) is 5.47. The molecule has 0 radical (unpaired) electrons. The first-order valence-electron chi connectivity index (χ1n) is 6.74. The number of benzene rings is 1. The van der Waals surface area contributed by atoms with Gasteiger partial charge in [-0.05, 0) is 17.7 Å². The van der Waals surface area contributed by atoms with E-state index in [1.165, 1.54) is 11.0 Å². The lowest BCUT2D eigenvalue weighted by molar-refractivity contribution is -0.127. The number of nitrogens with one attached hydrogen (secondary N) is 1. The molecule has 4 nitrogen and oxygen atoms in total. The van der Waals surface area contributed by atoms with Gasteiger partial charge in [0, 0.05) is 33.7 Å². The lowest BCUT2D eigenvalue weighted by Gasteiger charge is -2.22. The van der Waals surface area contributed by atoms with Crippen molar-refractivity contribution in [3.8, 4) is 0 Å². The normalized spacial score (nSPS) is 10.8. The third kappa shape index (κ3) is 4.81. The summed E-state index contributed by atoms with van der Waals surface area (Å²) in [4.78, 5) is 14.8. The molecule has 0 heterocycles.